The average molecular weight is 255 g/mol. The first-order valence-corrected chi connectivity index (χ1v) is 7.15. The Labute approximate surface area is 114 Å². The predicted molar refractivity (Wildman–Crippen MR) is 79.0 cm³/mol. The van der Waals surface area contributed by atoms with Crippen molar-refractivity contribution in [3.8, 4) is 0 Å². The fourth-order valence-corrected chi connectivity index (χ4v) is 2.53. The summed E-state index contributed by atoms with van der Waals surface area (Å²) in [6, 6.07) is 14.6. The van der Waals surface area contributed by atoms with Gasteiger partial charge < -0.3 is 10.5 Å². The van der Waals surface area contributed by atoms with Gasteiger partial charge in [-0.05, 0) is 28.7 Å². The third-order valence-electron chi connectivity index (χ3n) is 3.89. The van der Waals surface area contributed by atoms with Crippen LogP contribution in [0.4, 0.5) is 0 Å². The molecule has 1 saturated carbocycles. The maximum atomic E-state index is 6.27. The normalized spacial score (nSPS) is 16.7. The van der Waals surface area contributed by atoms with E-state index < -0.39 is 0 Å². The van der Waals surface area contributed by atoms with Crippen LogP contribution in [0.25, 0.3) is 10.8 Å². The Balaban J connectivity index is 1.64. The molecule has 0 amide bonds. The molecule has 0 heterocycles. The topological polar surface area (TPSA) is 35.2 Å². The second kappa shape index (κ2) is 5.72. The Morgan fingerprint density at radius 1 is 1.11 bits per heavy atom. The molecule has 2 aromatic rings. The summed E-state index contributed by atoms with van der Waals surface area (Å²) in [4.78, 5) is 0. The summed E-state index contributed by atoms with van der Waals surface area (Å²) in [6.45, 7) is 1.46. The van der Waals surface area contributed by atoms with E-state index in [0.29, 0.717) is 6.61 Å². The van der Waals surface area contributed by atoms with Gasteiger partial charge in [0, 0.05) is 6.61 Å². The second-order valence-corrected chi connectivity index (χ2v) is 5.48. The van der Waals surface area contributed by atoms with E-state index in [1.807, 2.05) is 0 Å². The molecule has 1 aliphatic rings. The lowest BCUT2D eigenvalue weighted by Gasteiger charge is -2.15. The van der Waals surface area contributed by atoms with Crippen LogP contribution in [0.15, 0.2) is 42.5 Å². The number of hydrogen-bond acceptors (Lipinski definition) is 2. The quantitative estimate of drug-likeness (QED) is 0.800. The van der Waals surface area contributed by atoms with E-state index in [2.05, 4.69) is 42.5 Å². The fourth-order valence-electron chi connectivity index (χ4n) is 2.53. The molecule has 19 heavy (non-hydrogen) atoms. The minimum absolute atomic E-state index is 0.0368. The monoisotopic (exact) mass is 255 g/mol. The van der Waals surface area contributed by atoms with Gasteiger partial charge in [0.1, 0.15) is 0 Å². The zero-order valence-electron chi connectivity index (χ0n) is 11.2. The third-order valence-corrected chi connectivity index (χ3v) is 3.89. The van der Waals surface area contributed by atoms with E-state index in [0.717, 1.165) is 12.5 Å². The lowest BCUT2D eigenvalue weighted by Crippen LogP contribution is -2.18. The van der Waals surface area contributed by atoms with E-state index in [1.165, 1.54) is 35.6 Å². The summed E-state index contributed by atoms with van der Waals surface area (Å²) >= 11 is 0. The van der Waals surface area contributed by atoms with Crippen LogP contribution in [0, 0.1) is 5.92 Å². The molecule has 0 bridgehead atoms. The van der Waals surface area contributed by atoms with E-state index in [4.69, 9.17) is 10.5 Å². The molecule has 2 nitrogen and oxygen atoms in total. The number of ether oxygens (including phenoxy) is 1. The van der Waals surface area contributed by atoms with Gasteiger partial charge in [0.2, 0.25) is 0 Å². The number of nitrogens with two attached hydrogens (primary N) is 1. The number of rotatable bonds is 6. The van der Waals surface area contributed by atoms with Crippen molar-refractivity contribution in [3.05, 3.63) is 48.0 Å². The molecule has 1 atom stereocenters. The highest BCUT2D eigenvalue weighted by Crippen LogP contribution is 2.32. The van der Waals surface area contributed by atoms with Gasteiger partial charge in [-0.2, -0.15) is 0 Å². The summed E-state index contributed by atoms with van der Waals surface area (Å²) in [6.07, 6.45) is 3.97. The molecule has 100 valence electrons. The lowest BCUT2D eigenvalue weighted by atomic mass is 10.00. The first-order chi connectivity index (χ1) is 9.34. The van der Waals surface area contributed by atoms with Gasteiger partial charge in [0.15, 0.2) is 0 Å². The molecular formula is C17H21NO. The summed E-state index contributed by atoms with van der Waals surface area (Å²) in [5.41, 5.74) is 7.45. The molecule has 0 aliphatic heterocycles. The molecule has 1 unspecified atom stereocenters. The van der Waals surface area contributed by atoms with E-state index in [1.54, 1.807) is 0 Å². The van der Waals surface area contributed by atoms with Crippen molar-refractivity contribution in [2.75, 3.05) is 13.2 Å². The summed E-state index contributed by atoms with van der Waals surface area (Å²) in [5, 5.41) is 2.48. The summed E-state index contributed by atoms with van der Waals surface area (Å²) in [5.74, 6) is 0.925. The maximum Gasteiger partial charge on any atom is 0.0659 e. The molecule has 0 spiro atoms. The van der Waals surface area contributed by atoms with Crippen molar-refractivity contribution in [2.24, 2.45) is 11.7 Å². The Morgan fingerprint density at radius 3 is 2.74 bits per heavy atom. The molecule has 2 N–H and O–H groups in total. The van der Waals surface area contributed by atoms with Crippen molar-refractivity contribution < 1.29 is 4.74 Å². The molecule has 2 aromatic carbocycles. The molecular weight excluding hydrogens is 234 g/mol. The van der Waals surface area contributed by atoms with Crippen LogP contribution in [-0.4, -0.2) is 13.2 Å². The van der Waals surface area contributed by atoms with Crippen molar-refractivity contribution in [3.63, 3.8) is 0 Å². The van der Waals surface area contributed by atoms with Gasteiger partial charge in [-0.15, -0.1) is 0 Å². The average Bonchev–Trinajstić information content (AvgIpc) is 3.27. The zero-order chi connectivity index (χ0) is 13.1. The molecule has 3 rings (SSSR count). The van der Waals surface area contributed by atoms with E-state index in [-0.39, 0.29) is 6.04 Å². The summed E-state index contributed by atoms with van der Waals surface area (Å²) < 4.78 is 5.72. The van der Waals surface area contributed by atoms with E-state index >= 15 is 0 Å². The molecule has 0 saturated heterocycles. The number of fused-ring (bicyclic) bond motifs is 1. The first kappa shape index (κ1) is 12.6. The lowest BCUT2D eigenvalue weighted by molar-refractivity contribution is 0.116. The first-order valence-electron chi connectivity index (χ1n) is 7.15. The zero-order valence-corrected chi connectivity index (χ0v) is 11.2. The number of benzene rings is 2. The predicted octanol–water partition coefficient (Wildman–Crippen LogP) is 3.66. The van der Waals surface area contributed by atoms with Crippen LogP contribution in [0.5, 0.6) is 0 Å². The van der Waals surface area contributed by atoms with Crippen LogP contribution in [0.1, 0.15) is 30.9 Å². The minimum atomic E-state index is -0.0368. The van der Waals surface area contributed by atoms with Crippen molar-refractivity contribution in [1.82, 2.24) is 0 Å². The van der Waals surface area contributed by atoms with Crippen LogP contribution in [-0.2, 0) is 4.74 Å². The van der Waals surface area contributed by atoms with Gasteiger partial charge in [0.05, 0.1) is 12.6 Å². The van der Waals surface area contributed by atoms with Gasteiger partial charge in [-0.1, -0.05) is 55.3 Å². The Kier molecular flexibility index (Phi) is 3.81. The van der Waals surface area contributed by atoms with Crippen molar-refractivity contribution in [1.29, 1.82) is 0 Å². The highest BCUT2D eigenvalue weighted by molar-refractivity contribution is 5.86. The molecule has 1 fully saturated rings. The second-order valence-electron chi connectivity index (χ2n) is 5.48. The smallest absolute Gasteiger partial charge is 0.0659 e. The van der Waals surface area contributed by atoms with Gasteiger partial charge >= 0.3 is 0 Å². The molecule has 2 heteroatoms. The fraction of sp³-hybridized carbons (Fsp3) is 0.412. The maximum absolute atomic E-state index is 6.27. The van der Waals surface area contributed by atoms with Gasteiger partial charge in [0.25, 0.3) is 0 Å². The van der Waals surface area contributed by atoms with E-state index in [9.17, 15) is 0 Å². The summed E-state index contributed by atoms with van der Waals surface area (Å²) in [7, 11) is 0. The Hall–Kier alpha value is -1.38. The van der Waals surface area contributed by atoms with Crippen LogP contribution in [0.3, 0.4) is 0 Å². The highest BCUT2D eigenvalue weighted by atomic mass is 16.5. The van der Waals surface area contributed by atoms with Gasteiger partial charge in [-0.3, -0.25) is 0 Å². The number of hydrogen-bond donors (Lipinski definition) is 1. The Bertz CT molecular complexity index is 542. The van der Waals surface area contributed by atoms with Crippen LogP contribution >= 0.6 is 0 Å². The third kappa shape index (κ3) is 3.14. The highest BCUT2D eigenvalue weighted by Gasteiger charge is 2.20. The molecule has 0 radical (unpaired) electrons. The van der Waals surface area contributed by atoms with Crippen molar-refractivity contribution in [2.45, 2.75) is 25.3 Å². The van der Waals surface area contributed by atoms with Gasteiger partial charge in [-0.25, -0.2) is 0 Å². The largest absolute Gasteiger partial charge is 0.379 e. The standard InChI is InChI=1S/C17H21NO/c18-17(12-19-11-10-13-8-9-13)16-7-3-5-14-4-1-2-6-15(14)16/h1-7,13,17H,8-12,18H2. The SMILES string of the molecule is NC(COCCC1CC1)c1cccc2ccccc12. The molecule has 1 aliphatic carbocycles. The van der Waals surface area contributed by atoms with Crippen molar-refractivity contribution >= 4 is 10.8 Å². The molecule has 0 aromatic heterocycles. The van der Waals surface area contributed by atoms with Crippen LogP contribution < -0.4 is 5.73 Å². The van der Waals surface area contributed by atoms with Crippen LogP contribution in [0.2, 0.25) is 0 Å². The Morgan fingerprint density at radius 2 is 1.89 bits per heavy atom. The minimum Gasteiger partial charge on any atom is -0.379 e.